The summed E-state index contributed by atoms with van der Waals surface area (Å²) in [5, 5.41) is 0. The lowest BCUT2D eigenvalue weighted by molar-refractivity contribution is -0.138. The molecule has 82 valence electrons. The van der Waals surface area contributed by atoms with Gasteiger partial charge in [-0.25, -0.2) is 0 Å². The summed E-state index contributed by atoms with van der Waals surface area (Å²) in [5.41, 5.74) is -0.834. The van der Waals surface area contributed by atoms with Crippen LogP contribution in [0.3, 0.4) is 0 Å². The van der Waals surface area contributed by atoms with Crippen LogP contribution in [0, 0.1) is 3.57 Å². The fourth-order valence-electron chi connectivity index (χ4n) is 0.913. The van der Waals surface area contributed by atoms with Gasteiger partial charge in [0.1, 0.15) is 5.75 Å². The highest BCUT2D eigenvalue weighted by Crippen LogP contribution is 2.33. The SMILES string of the molecule is CC(=O)Oc1cc(C(F)(F)F)ccc1I. The maximum absolute atomic E-state index is 12.3. The van der Waals surface area contributed by atoms with Gasteiger partial charge in [-0.15, -0.1) is 0 Å². The predicted octanol–water partition coefficient (Wildman–Crippen LogP) is 3.24. The lowest BCUT2D eigenvalue weighted by Crippen LogP contribution is -2.08. The molecule has 2 nitrogen and oxygen atoms in total. The molecule has 6 heteroatoms. The van der Waals surface area contributed by atoms with Gasteiger partial charge in [0.05, 0.1) is 9.13 Å². The Bertz CT molecular complexity index is 387. The number of hydrogen-bond acceptors (Lipinski definition) is 2. The summed E-state index contributed by atoms with van der Waals surface area (Å²) in [5.74, 6) is -0.717. The molecule has 1 rings (SSSR count). The molecule has 1 aromatic carbocycles. The summed E-state index contributed by atoms with van der Waals surface area (Å²) in [6, 6.07) is 3.00. The summed E-state index contributed by atoms with van der Waals surface area (Å²) in [6.45, 7) is 1.14. The summed E-state index contributed by atoms with van der Waals surface area (Å²) < 4.78 is 42.0. The number of halogens is 4. The molecule has 0 aliphatic rings. The van der Waals surface area contributed by atoms with Crippen molar-refractivity contribution in [2.75, 3.05) is 0 Å². The first-order valence-electron chi connectivity index (χ1n) is 3.86. The Labute approximate surface area is 97.6 Å². The standard InChI is InChI=1S/C9H6F3IO2/c1-5(14)15-8-4-6(9(10,11)12)2-3-7(8)13/h2-4H,1H3. The molecular weight excluding hydrogens is 324 g/mol. The summed E-state index contributed by atoms with van der Waals surface area (Å²) in [4.78, 5) is 10.6. The van der Waals surface area contributed by atoms with Crippen LogP contribution in [0.4, 0.5) is 13.2 Å². The van der Waals surface area contributed by atoms with E-state index < -0.39 is 17.7 Å². The topological polar surface area (TPSA) is 26.3 Å². The van der Waals surface area contributed by atoms with Crippen molar-refractivity contribution in [2.45, 2.75) is 13.1 Å². The highest BCUT2D eigenvalue weighted by Gasteiger charge is 2.31. The quantitative estimate of drug-likeness (QED) is 0.449. The molecule has 0 aromatic heterocycles. The van der Waals surface area contributed by atoms with Crippen molar-refractivity contribution in [1.82, 2.24) is 0 Å². The minimum absolute atomic E-state index is 0.0714. The van der Waals surface area contributed by atoms with Crippen LogP contribution in [0.1, 0.15) is 12.5 Å². The van der Waals surface area contributed by atoms with Gasteiger partial charge in [0.15, 0.2) is 0 Å². The summed E-state index contributed by atoms with van der Waals surface area (Å²) in [7, 11) is 0. The van der Waals surface area contributed by atoms with Crippen LogP contribution in [-0.2, 0) is 11.0 Å². The second-order valence-electron chi connectivity index (χ2n) is 2.74. The van der Waals surface area contributed by atoms with E-state index >= 15 is 0 Å². The Morgan fingerprint density at radius 1 is 1.40 bits per heavy atom. The molecule has 0 N–H and O–H groups in total. The van der Waals surface area contributed by atoms with Gasteiger partial charge in [-0.05, 0) is 40.8 Å². The van der Waals surface area contributed by atoms with Crippen LogP contribution in [0.25, 0.3) is 0 Å². The van der Waals surface area contributed by atoms with E-state index in [1.165, 1.54) is 6.07 Å². The second kappa shape index (κ2) is 4.38. The largest absolute Gasteiger partial charge is 0.426 e. The Kier molecular flexibility index (Phi) is 3.58. The fraction of sp³-hybridized carbons (Fsp3) is 0.222. The van der Waals surface area contributed by atoms with Gasteiger partial charge < -0.3 is 4.74 Å². The molecule has 0 spiro atoms. The number of alkyl halides is 3. The van der Waals surface area contributed by atoms with Gasteiger partial charge in [-0.2, -0.15) is 13.2 Å². The zero-order valence-corrected chi connectivity index (χ0v) is 9.72. The number of esters is 1. The average Bonchev–Trinajstić information content (AvgIpc) is 2.06. The Hall–Kier alpha value is -0.790. The van der Waals surface area contributed by atoms with Crippen LogP contribution in [0.2, 0.25) is 0 Å². The molecule has 15 heavy (non-hydrogen) atoms. The van der Waals surface area contributed by atoms with Crippen LogP contribution >= 0.6 is 22.6 Å². The Morgan fingerprint density at radius 2 is 2.00 bits per heavy atom. The van der Waals surface area contributed by atoms with Gasteiger partial charge in [-0.3, -0.25) is 4.79 Å². The van der Waals surface area contributed by atoms with Gasteiger partial charge in [-0.1, -0.05) is 0 Å². The molecule has 0 bridgehead atoms. The van der Waals surface area contributed by atoms with Crippen molar-refractivity contribution >= 4 is 28.6 Å². The van der Waals surface area contributed by atoms with Gasteiger partial charge in [0.25, 0.3) is 0 Å². The van der Waals surface area contributed by atoms with Crippen molar-refractivity contribution in [1.29, 1.82) is 0 Å². The lowest BCUT2D eigenvalue weighted by atomic mass is 10.2. The van der Waals surface area contributed by atoms with E-state index in [4.69, 9.17) is 0 Å². The average molecular weight is 330 g/mol. The van der Waals surface area contributed by atoms with Crippen molar-refractivity contribution < 1.29 is 22.7 Å². The number of benzene rings is 1. The van der Waals surface area contributed by atoms with Gasteiger partial charge in [0, 0.05) is 6.92 Å². The first kappa shape index (κ1) is 12.3. The molecule has 0 amide bonds. The molecule has 0 fully saturated rings. The maximum Gasteiger partial charge on any atom is 0.416 e. The first-order valence-corrected chi connectivity index (χ1v) is 4.94. The minimum atomic E-state index is -4.43. The third-order valence-corrected chi connectivity index (χ3v) is 2.40. The number of hydrogen-bond donors (Lipinski definition) is 0. The number of ether oxygens (including phenoxy) is 1. The van der Waals surface area contributed by atoms with Crippen LogP contribution in [-0.4, -0.2) is 5.97 Å². The Morgan fingerprint density at radius 3 is 2.47 bits per heavy atom. The Balaban J connectivity index is 3.11. The van der Waals surface area contributed by atoms with Gasteiger partial charge in [0.2, 0.25) is 0 Å². The summed E-state index contributed by atoms with van der Waals surface area (Å²) in [6.07, 6.45) is -4.43. The highest BCUT2D eigenvalue weighted by molar-refractivity contribution is 14.1. The molecule has 0 atom stereocenters. The molecule has 0 radical (unpaired) electrons. The van der Waals surface area contributed by atoms with E-state index in [-0.39, 0.29) is 5.75 Å². The van der Waals surface area contributed by atoms with E-state index in [1.807, 2.05) is 0 Å². The minimum Gasteiger partial charge on any atom is -0.426 e. The number of carbonyl (C=O) groups is 1. The van der Waals surface area contributed by atoms with E-state index in [9.17, 15) is 18.0 Å². The first-order chi connectivity index (χ1) is 6.80. The van der Waals surface area contributed by atoms with Crippen molar-refractivity contribution in [2.24, 2.45) is 0 Å². The van der Waals surface area contributed by atoms with Gasteiger partial charge >= 0.3 is 12.1 Å². The van der Waals surface area contributed by atoms with E-state index in [2.05, 4.69) is 4.74 Å². The zero-order chi connectivity index (χ0) is 11.6. The smallest absolute Gasteiger partial charge is 0.416 e. The van der Waals surface area contributed by atoms with Crippen molar-refractivity contribution in [3.63, 3.8) is 0 Å². The molecule has 0 heterocycles. The van der Waals surface area contributed by atoms with E-state index in [1.54, 1.807) is 22.6 Å². The lowest BCUT2D eigenvalue weighted by Gasteiger charge is -2.09. The normalized spacial score (nSPS) is 11.3. The molecule has 0 saturated heterocycles. The molecule has 0 aliphatic carbocycles. The van der Waals surface area contributed by atoms with Crippen molar-refractivity contribution in [3.8, 4) is 5.75 Å². The second-order valence-corrected chi connectivity index (χ2v) is 3.90. The van der Waals surface area contributed by atoms with Crippen LogP contribution in [0.15, 0.2) is 18.2 Å². The van der Waals surface area contributed by atoms with Crippen molar-refractivity contribution in [3.05, 3.63) is 27.3 Å². The molecule has 0 saturated carbocycles. The molecule has 1 aromatic rings. The zero-order valence-electron chi connectivity index (χ0n) is 7.56. The molecule has 0 aliphatic heterocycles. The third kappa shape index (κ3) is 3.37. The monoisotopic (exact) mass is 330 g/mol. The highest BCUT2D eigenvalue weighted by atomic mass is 127. The third-order valence-electron chi connectivity index (χ3n) is 1.51. The molecular formula is C9H6F3IO2. The predicted molar refractivity (Wildman–Crippen MR) is 55.5 cm³/mol. The van der Waals surface area contributed by atoms with E-state index in [0.29, 0.717) is 3.57 Å². The molecule has 0 unspecified atom stereocenters. The van der Waals surface area contributed by atoms with Crippen LogP contribution < -0.4 is 4.74 Å². The number of carbonyl (C=O) groups excluding carboxylic acids is 1. The number of rotatable bonds is 1. The summed E-state index contributed by atoms with van der Waals surface area (Å²) >= 11 is 1.79. The van der Waals surface area contributed by atoms with E-state index in [0.717, 1.165) is 19.1 Å². The maximum atomic E-state index is 12.3. The van der Waals surface area contributed by atoms with Crippen LogP contribution in [0.5, 0.6) is 5.75 Å². The fourth-order valence-corrected chi connectivity index (χ4v) is 1.36.